The molecule has 6 heteroatoms. The summed E-state index contributed by atoms with van der Waals surface area (Å²) in [5, 5.41) is 11.5. The molecule has 0 amide bonds. The molecule has 24 heavy (non-hydrogen) atoms. The van der Waals surface area contributed by atoms with E-state index in [4.69, 9.17) is 23.7 Å². The summed E-state index contributed by atoms with van der Waals surface area (Å²) in [7, 11) is 4.73. The number of hydrogen-bond acceptors (Lipinski definition) is 6. The minimum absolute atomic E-state index is 0.438. The molecule has 1 aliphatic carbocycles. The number of ether oxygens (including phenoxy) is 5. The standard InChI is InChI=1S/C18H26O6/c1-17(19)14(12-8-6-5-7-9-12)18(23-10-11-24-18)16(22-4)13(20-2)15(17)21-3/h5-9,13-16,19H,10-11H2,1-4H3. The van der Waals surface area contributed by atoms with Crippen LogP contribution in [0.1, 0.15) is 18.4 Å². The van der Waals surface area contributed by atoms with Crippen LogP contribution in [0.2, 0.25) is 0 Å². The molecule has 5 unspecified atom stereocenters. The molecule has 2 aliphatic rings. The molecule has 1 aromatic carbocycles. The zero-order valence-electron chi connectivity index (χ0n) is 14.6. The summed E-state index contributed by atoms with van der Waals surface area (Å²) < 4.78 is 29.1. The van der Waals surface area contributed by atoms with Gasteiger partial charge in [0, 0.05) is 21.3 Å². The highest BCUT2D eigenvalue weighted by molar-refractivity contribution is 5.31. The highest BCUT2D eigenvalue weighted by Gasteiger charge is 2.68. The van der Waals surface area contributed by atoms with E-state index in [0.29, 0.717) is 13.2 Å². The molecule has 1 aromatic rings. The molecule has 5 atom stereocenters. The molecule has 6 nitrogen and oxygen atoms in total. The highest BCUT2D eigenvalue weighted by Crippen LogP contribution is 2.53. The SMILES string of the molecule is COC1C(OC)C(C)(O)C(c2ccccc2)C2(OCCO2)C1OC. The lowest BCUT2D eigenvalue weighted by Crippen LogP contribution is -2.73. The Morgan fingerprint density at radius 1 is 0.958 bits per heavy atom. The van der Waals surface area contributed by atoms with Crippen molar-refractivity contribution in [1.29, 1.82) is 0 Å². The summed E-state index contributed by atoms with van der Waals surface area (Å²) >= 11 is 0. The van der Waals surface area contributed by atoms with Crippen LogP contribution in [-0.4, -0.2) is 69.3 Å². The Balaban J connectivity index is 2.18. The van der Waals surface area contributed by atoms with Gasteiger partial charge in [0.25, 0.3) is 0 Å². The number of hydrogen-bond donors (Lipinski definition) is 1. The molecule has 1 aliphatic heterocycles. The molecule has 0 radical (unpaired) electrons. The van der Waals surface area contributed by atoms with Gasteiger partial charge in [-0.2, -0.15) is 0 Å². The number of methoxy groups -OCH3 is 3. The molecular formula is C18H26O6. The van der Waals surface area contributed by atoms with Crippen LogP contribution < -0.4 is 0 Å². The van der Waals surface area contributed by atoms with Gasteiger partial charge in [0.05, 0.1) is 19.1 Å². The van der Waals surface area contributed by atoms with Crippen molar-refractivity contribution in [1.82, 2.24) is 0 Å². The van der Waals surface area contributed by atoms with Gasteiger partial charge in [-0.25, -0.2) is 0 Å². The van der Waals surface area contributed by atoms with Gasteiger partial charge in [-0.3, -0.25) is 0 Å². The van der Waals surface area contributed by atoms with Gasteiger partial charge >= 0.3 is 0 Å². The zero-order valence-corrected chi connectivity index (χ0v) is 14.6. The van der Waals surface area contributed by atoms with Crippen molar-refractivity contribution in [2.24, 2.45) is 0 Å². The summed E-state index contributed by atoms with van der Waals surface area (Å²) in [6.07, 6.45) is -1.68. The van der Waals surface area contributed by atoms with E-state index < -0.39 is 35.6 Å². The second kappa shape index (κ2) is 6.71. The molecular weight excluding hydrogens is 312 g/mol. The van der Waals surface area contributed by atoms with Crippen molar-refractivity contribution >= 4 is 0 Å². The van der Waals surface area contributed by atoms with Crippen LogP contribution in [0, 0.1) is 0 Å². The average molecular weight is 338 g/mol. The van der Waals surface area contributed by atoms with Crippen LogP contribution in [0.5, 0.6) is 0 Å². The van der Waals surface area contributed by atoms with Crippen molar-refractivity contribution in [2.45, 2.75) is 42.5 Å². The summed E-state index contributed by atoms with van der Waals surface area (Å²) in [6, 6.07) is 9.71. The van der Waals surface area contributed by atoms with Crippen LogP contribution >= 0.6 is 0 Å². The van der Waals surface area contributed by atoms with E-state index in [9.17, 15) is 5.11 Å². The fourth-order valence-corrected chi connectivity index (χ4v) is 4.36. The maximum Gasteiger partial charge on any atom is 0.207 e. The Morgan fingerprint density at radius 2 is 1.54 bits per heavy atom. The molecule has 3 rings (SSSR count). The van der Waals surface area contributed by atoms with Crippen LogP contribution in [0.3, 0.4) is 0 Å². The molecule has 1 saturated carbocycles. The topological polar surface area (TPSA) is 66.4 Å². The minimum Gasteiger partial charge on any atom is -0.386 e. The zero-order chi connectivity index (χ0) is 17.4. The average Bonchev–Trinajstić information content (AvgIpc) is 3.04. The lowest BCUT2D eigenvalue weighted by Gasteiger charge is -2.56. The molecule has 1 saturated heterocycles. The van der Waals surface area contributed by atoms with Gasteiger partial charge in [0.1, 0.15) is 23.9 Å². The minimum atomic E-state index is -1.28. The van der Waals surface area contributed by atoms with E-state index >= 15 is 0 Å². The molecule has 134 valence electrons. The summed E-state index contributed by atoms with van der Waals surface area (Å²) in [5.41, 5.74) is -0.376. The van der Waals surface area contributed by atoms with Crippen LogP contribution in [-0.2, 0) is 23.7 Å². The fourth-order valence-electron chi connectivity index (χ4n) is 4.36. The van der Waals surface area contributed by atoms with Crippen molar-refractivity contribution in [3.63, 3.8) is 0 Å². The second-order valence-electron chi connectivity index (χ2n) is 6.50. The lowest BCUT2D eigenvalue weighted by molar-refractivity contribution is -0.338. The van der Waals surface area contributed by atoms with E-state index in [1.165, 1.54) is 0 Å². The van der Waals surface area contributed by atoms with Gasteiger partial charge in [-0.15, -0.1) is 0 Å². The van der Waals surface area contributed by atoms with Gasteiger partial charge in [-0.1, -0.05) is 30.3 Å². The predicted octanol–water partition coefficient (Wildman–Crippen LogP) is 1.32. The lowest BCUT2D eigenvalue weighted by atomic mass is 9.65. The largest absolute Gasteiger partial charge is 0.386 e. The van der Waals surface area contributed by atoms with Crippen LogP contribution in [0.15, 0.2) is 30.3 Å². The third-order valence-corrected chi connectivity index (χ3v) is 5.21. The molecule has 1 spiro atoms. The normalized spacial score (nSPS) is 38.5. The monoisotopic (exact) mass is 338 g/mol. The number of benzene rings is 1. The molecule has 1 heterocycles. The van der Waals surface area contributed by atoms with Gasteiger partial charge in [0.2, 0.25) is 5.79 Å². The third-order valence-electron chi connectivity index (χ3n) is 5.21. The molecule has 1 N–H and O–H groups in total. The van der Waals surface area contributed by atoms with Gasteiger partial charge in [0.15, 0.2) is 0 Å². The van der Waals surface area contributed by atoms with E-state index in [1.807, 2.05) is 30.3 Å². The van der Waals surface area contributed by atoms with Crippen molar-refractivity contribution < 1.29 is 28.8 Å². The first kappa shape index (κ1) is 17.8. The Morgan fingerprint density at radius 3 is 2.04 bits per heavy atom. The third kappa shape index (κ3) is 2.49. The number of aliphatic hydroxyl groups is 1. The van der Waals surface area contributed by atoms with Gasteiger partial charge < -0.3 is 28.8 Å². The van der Waals surface area contributed by atoms with Crippen LogP contribution in [0.25, 0.3) is 0 Å². The quantitative estimate of drug-likeness (QED) is 0.893. The Labute approximate surface area is 142 Å². The van der Waals surface area contributed by atoms with E-state index in [0.717, 1.165) is 5.56 Å². The summed E-state index contributed by atoms with van der Waals surface area (Å²) in [5.74, 6) is -1.62. The highest BCUT2D eigenvalue weighted by atomic mass is 16.8. The van der Waals surface area contributed by atoms with E-state index in [2.05, 4.69) is 0 Å². The first-order chi connectivity index (χ1) is 11.5. The summed E-state index contributed by atoms with van der Waals surface area (Å²) in [6.45, 7) is 2.62. The van der Waals surface area contributed by atoms with E-state index in [-0.39, 0.29) is 0 Å². The number of rotatable bonds is 4. The van der Waals surface area contributed by atoms with E-state index in [1.54, 1.807) is 28.3 Å². The first-order valence-corrected chi connectivity index (χ1v) is 8.16. The Hall–Kier alpha value is -1.02. The first-order valence-electron chi connectivity index (χ1n) is 8.16. The smallest absolute Gasteiger partial charge is 0.207 e. The molecule has 0 aromatic heterocycles. The van der Waals surface area contributed by atoms with Gasteiger partial charge in [-0.05, 0) is 12.5 Å². The van der Waals surface area contributed by atoms with Crippen LogP contribution in [0.4, 0.5) is 0 Å². The Bertz CT molecular complexity index is 540. The maximum atomic E-state index is 11.5. The van der Waals surface area contributed by atoms with Crippen molar-refractivity contribution in [2.75, 3.05) is 34.5 Å². The molecule has 2 fully saturated rings. The maximum absolute atomic E-state index is 11.5. The van der Waals surface area contributed by atoms with Crippen molar-refractivity contribution in [3.05, 3.63) is 35.9 Å². The molecule has 0 bridgehead atoms. The fraction of sp³-hybridized carbons (Fsp3) is 0.667. The Kier molecular flexibility index (Phi) is 4.97. The second-order valence-corrected chi connectivity index (χ2v) is 6.50. The van der Waals surface area contributed by atoms with Crippen molar-refractivity contribution in [3.8, 4) is 0 Å². The summed E-state index contributed by atoms with van der Waals surface area (Å²) in [4.78, 5) is 0. The predicted molar refractivity (Wildman–Crippen MR) is 86.8 cm³/mol.